The molecule has 1 aliphatic rings. The highest BCUT2D eigenvalue weighted by molar-refractivity contribution is 7.86. The third-order valence-corrected chi connectivity index (χ3v) is 7.14. The van der Waals surface area contributed by atoms with E-state index in [9.17, 15) is 18.2 Å². The van der Waals surface area contributed by atoms with Gasteiger partial charge in [-0.25, -0.2) is 4.39 Å². The molecule has 31 heavy (non-hydrogen) atoms. The van der Waals surface area contributed by atoms with Crippen LogP contribution in [-0.4, -0.2) is 44.9 Å². The molecule has 1 heterocycles. The molecule has 4 unspecified atom stereocenters. The number of ether oxygens (including phenoxy) is 1. The predicted octanol–water partition coefficient (Wildman–Crippen LogP) is 3.04. The number of amides is 1. The number of halogens is 2. The van der Waals surface area contributed by atoms with Crippen LogP contribution in [-0.2, 0) is 31.7 Å². The second-order valence-electron chi connectivity index (χ2n) is 7.32. The van der Waals surface area contributed by atoms with Crippen LogP contribution in [0.1, 0.15) is 25.3 Å². The molecule has 6 nitrogen and oxygen atoms in total. The molecule has 0 bridgehead atoms. The third-order valence-electron chi connectivity index (χ3n) is 5.15. The van der Waals surface area contributed by atoms with Crippen molar-refractivity contribution < 1.29 is 22.9 Å². The lowest BCUT2D eigenvalue weighted by Crippen LogP contribution is -2.55. The van der Waals surface area contributed by atoms with Crippen molar-refractivity contribution >= 4 is 34.3 Å². The summed E-state index contributed by atoms with van der Waals surface area (Å²) in [6.07, 6.45) is -0.151. The van der Waals surface area contributed by atoms with Gasteiger partial charge in [-0.05, 0) is 36.2 Å². The van der Waals surface area contributed by atoms with E-state index in [-0.39, 0.29) is 18.1 Å². The smallest absolute Gasteiger partial charge is 0.323 e. The van der Waals surface area contributed by atoms with E-state index in [1.807, 2.05) is 0 Å². The summed E-state index contributed by atoms with van der Waals surface area (Å²) < 4.78 is 32.3. The molecule has 0 radical (unpaired) electrons. The van der Waals surface area contributed by atoms with Gasteiger partial charge in [-0.3, -0.25) is 13.8 Å². The van der Waals surface area contributed by atoms with Gasteiger partial charge in [-0.15, -0.1) is 0 Å². The first-order valence-corrected chi connectivity index (χ1v) is 11.5. The first kappa shape index (κ1) is 23.4. The van der Waals surface area contributed by atoms with E-state index in [1.54, 1.807) is 43.3 Å². The van der Waals surface area contributed by atoms with Crippen molar-refractivity contribution in [3.8, 4) is 0 Å². The summed E-state index contributed by atoms with van der Waals surface area (Å²) in [6.45, 7) is 2.22. The van der Waals surface area contributed by atoms with Crippen molar-refractivity contribution in [2.75, 3.05) is 6.54 Å². The normalized spacial score (nSPS) is 20.9. The number of carbonyl (C=O) groups is 2. The molecule has 3 rings (SSSR count). The van der Waals surface area contributed by atoms with Crippen molar-refractivity contribution in [3.05, 3.63) is 64.9 Å². The Balaban J connectivity index is 1.86. The maximum atomic E-state index is 13.5. The molecule has 1 saturated heterocycles. The lowest BCUT2D eigenvalue weighted by molar-refractivity contribution is -0.156. The van der Waals surface area contributed by atoms with Crippen molar-refractivity contribution in [3.63, 3.8) is 0 Å². The molecule has 2 N–H and O–H groups in total. The number of esters is 1. The maximum absolute atomic E-state index is 13.5. The van der Waals surface area contributed by atoms with Crippen LogP contribution < -0.4 is 5.73 Å². The number of hydrogen-bond donors (Lipinski definition) is 1. The standard InChI is InChI=1S/C22H24ClFN2O4S/c1-2-18(25)22(28)30-19-10-11-26(13-14-8-9-17(24)16(23)12-14)21(27)20(19)31(29)15-6-4-3-5-7-15/h3-9,12,18-20H,2,10-11,13,25H2,1H3. The van der Waals surface area contributed by atoms with Crippen LogP contribution >= 0.6 is 11.6 Å². The van der Waals surface area contributed by atoms with Crippen molar-refractivity contribution in [2.24, 2.45) is 5.73 Å². The Kier molecular flexibility index (Phi) is 7.80. The van der Waals surface area contributed by atoms with E-state index in [2.05, 4.69) is 0 Å². The molecular weight excluding hydrogens is 443 g/mol. The zero-order valence-corrected chi connectivity index (χ0v) is 18.6. The van der Waals surface area contributed by atoms with Crippen LogP contribution in [0.25, 0.3) is 0 Å². The molecule has 0 saturated carbocycles. The second kappa shape index (κ2) is 10.3. The Morgan fingerprint density at radius 1 is 1.32 bits per heavy atom. The van der Waals surface area contributed by atoms with E-state index < -0.39 is 45.9 Å². The Labute approximate surface area is 188 Å². The van der Waals surface area contributed by atoms with E-state index >= 15 is 0 Å². The van der Waals surface area contributed by atoms with Gasteiger partial charge in [0.15, 0.2) is 5.25 Å². The summed E-state index contributed by atoms with van der Waals surface area (Å²) in [4.78, 5) is 27.6. The number of hydrogen-bond acceptors (Lipinski definition) is 5. The Hall–Kier alpha value is -2.29. The molecular formula is C22H24ClFN2O4S. The number of benzene rings is 2. The van der Waals surface area contributed by atoms with Gasteiger partial charge in [0.2, 0.25) is 5.91 Å². The van der Waals surface area contributed by atoms with Crippen LogP contribution in [0.5, 0.6) is 0 Å². The second-order valence-corrected chi connectivity index (χ2v) is 9.30. The predicted molar refractivity (Wildman–Crippen MR) is 116 cm³/mol. The lowest BCUT2D eigenvalue weighted by Gasteiger charge is -2.37. The highest BCUT2D eigenvalue weighted by Crippen LogP contribution is 2.27. The average Bonchev–Trinajstić information content (AvgIpc) is 2.77. The molecule has 0 aromatic heterocycles. The van der Waals surface area contributed by atoms with Gasteiger partial charge in [0.1, 0.15) is 18.0 Å². The summed E-state index contributed by atoms with van der Waals surface area (Å²) in [5.74, 6) is -1.57. The molecule has 2 aromatic carbocycles. The molecule has 4 atom stereocenters. The maximum Gasteiger partial charge on any atom is 0.323 e. The highest BCUT2D eigenvalue weighted by atomic mass is 35.5. The number of likely N-dealkylation sites (tertiary alicyclic amines) is 1. The number of nitrogens with zero attached hydrogens (tertiary/aromatic N) is 1. The van der Waals surface area contributed by atoms with Gasteiger partial charge in [0.05, 0.1) is 15.8 Å². The Bertz CT molecular complexity index is 975. The van der Waals surface area contributed by atoms with Crippen LogP contribution in [0, 0.1) is 5.82 Å². The molecule has 1 amide bonds. The zero-order valence-electron chi connectivity index (χ0n) is 17.0. The molecule has 1 fully saturated rings. The third kappa shape index (κ3) is 5.50. The number of carbonyl (C=O) groups excluding carboxylic acids is 2. The van der Waals surface area contributed by atoms with Crippen molar-refractivity contribution in [1.29, 1.82) is 0 Å². The quantitative estimate of drug-likeness (QED) is 0.633. The zero-order chi connectivity index (χ0) is 22.5. The summed E-state index contributed by atoms with van der Waals surface area (Å²) >= 11 is 5.85. The number of nitrogens with two attached hydrogens (primary N) is 1. The van der Waals surface area contributed by atoms with Gasteiger partial charge in [0, 0.05) is 24.4 Å². The highest BCUT2D eigenvalue weighted by Gasteiger charge is 2.43. The number of piperidine rings is 1. The Morgan fingerprint density at radius 3 is 2.68 bits per heavy atom. The molecule has 9 heteroatoms. The van der Waals surface area contributed by atoms with Crippen LogP contribution in [0.3, 0.4) is 0 Å². The van der Waals surface area contributed by atoms with E-state index in [4.69, 9.17) is 22.1 Å². The first-order valence-electron chi connectivity index (χ1n) is 9.96. The van der Waals surface area contributed by atoms with E-state index in [0.717, 1.165) is 0 Å². The Morgan fingerprint density at radius 2 is 2.03 bits per heavy atom. The minimum absolute atomic E-state index is 0.0354. The fourth-order valence-corrected chi connectivity index (χ4v) is 5.07. The van der Waals surface area contributed by atoms with Gasteiger partial charge in [-0.2, -0.15) is 0 Å². The van der Waals surface area contributed by atoms with Gasteiger partial charge >= 0.3 is 5.97 Å². The fraction of sp³-hybridized carbons (Fsp3) is 0.364. The summed E-state index contributed by atoms with van der Waals surface area (Å²) in [6, 6.07) is 12.0. The van der Waals surface area contributed by atoms with Crippen molar-refractivity contribution in [2.45, 2.75) is 48.6 Å². The topological polar surface area (TPSA) is 89.7 Å². The van der Waals surface area contributed by atoms with Crippen molar-refractivity contribution in [1.82, 2.24) is 4.90 Å². The SMILES string of the molecule is CCC(N)C(=O)OC1CCN(Cc2ccc(F)c(Cl)c2)C(=O)C1S(=O)c1ccccc1. The molecule has 1 aliphatic heterocycles. The lowest BCUT2D eigenvalue weighted by atomic mass is 10.0. The van der Waals surface area contributed by atoms with Gasteiger partial charge in [-0.1, -0.05) is 42.8 Å². The van der Waals surface area contributed by atoms with E-state index in [0.29, 0.717) is 23.3 Å². The minimum atomic E-state index is -1.74. The fourth-order valence-electron chi connectivity index (χ4n) is 3.35. The first-order chi connectivity index (χ1) is 14.8. The van der Waals surface area contributed by atoms with Crippen LogP contribution in [0.2, 0.25) is 5.02 Å². The van der Waals surface area contributed by atoms with E-state index in [1.165, 1.54) is 17.0 Å². The molecule has 166 valence electrons. The average molecular weight is 467 g/mol. The monoisotopic (exact) mass is 466 g/mol. The molecule has 0 aliphatic carbocycles. The van der Waals surface area contributed by atoms with Crippen LogP contribution in [0.4, 0.5) is 4.39 Å². The minimum Gasteiger partial charge on any atom is -0.459 e. The van der Waals surface area contributed by atoms with Crippen LogP contribution in [0.15, 0.2) is 53.4 Å². The summed E-state index contributed by atoms with van der Waals surface area (Å²) in [7, 11) is -1.74. The largest absolute Gasteiger partial charge is 0.459 e. The summed E-state index contributed by atoms with van der Waals surface area (Å²) in [5.41, 5.74) is 6.41. The van der Waals surface area contributed by atoms with Gasteiger partial charge < -0.3 is 15.4 Å². The summed E-state index contributed by atoms with van der Waals surface area (Å²) in [5, 5.41) is -1.10. The van der Waals surface area contributed by atoms with Gasteiger partial charge in [0.25, 0.3) is 0 Å². The molecule has 2 aromatic rings. The number of rotatable bonds is 7. The molecule has 0 spiro atoms.